The van der Waals surface area contributed by atoms with Crippen LogP contribution >= 0.6 is 0 Å². The molecule has 0 saturated carbocycles. The van der Waals surface area contributed by atoms with Gasteiger partial charge in [0.05, 0.1) is 18.4 Å². The molecule has 3 N–H and O–H groups in total. The van der Waals surface area contributed by atoms with E-state index in [4.69, 9.17) is 9.47 Å². The predicted octanol–water partition coefficient (Wildman–Crippen LogP) is 5.05. The fourth-order valence-corrected chi connectivity index (χ4v) is 7.61. The van der Waals surface area contributed by atoms with Gasteiger partial charge in [-0.25, -0.2) is 4.79 Å². The van der Waals surface area contributed by atoms with E-state index in [0.717, 1.165) is 41.7 Å². The highest BCUT2D eigenvalue weighted by atomic mass is 16.6. The number of nitrogens with one attached hydrogen (secondary N) is 3. The molecule has 0 spiro atoms. The predicted molar refractivity (Wildman–Crippen MR) is 205 cm³/mol. The number of hydrogen-bond acceptors (Lipinski definition) is 7. The molecule has 294 valence electrons. The molecule has 2 aromatic rings. The van der Waals surface area contributed by atoms with Crippen LogP contribution in [0.3, 0.4) is 0 Å². The molecule has 4 bridgehead atoms. The highest BCUT2D eigenvalue weighted by molar-refractivity contribution is 5.96. The number of likely N-dealkylation sites (tertiary alicyclic amines) is 1. The van der Waals surface area contributed by atoms with Gasteiger partial charge in [0.15, 0.2) is 0 Å². The first-order valence-corrected chi connectivity index (χ1v) is 19.7. The van der Waals surface area contributed by atoms with Gasteiger partial charge in [0.25, 0.3) is 0 Å². The molecule has 5 amide bonds. The van der Waals surface area contributed by atoms with Gasteiger partial charge in [-0.2, -0.15) is 0 Å². The van der Waals surface area contributed by atoms with E-state index >= 15 is 0 Å². The van der Waals surface area contributed by atoms with E-state index in [9.17, 15) is 24.0 Å². The molecule has 2 saturated heterocycles. The summed E-state index contributed by atoms with van der Waals surface area (Å²) >= 11 is 0. The Kier molecular flexibility index (Phi) is 13.6. The zero-order chi connectivity index (χ0) is 38.9. The van der Waals surface area contributed by atoms with Crippen LogP contribution in [-0.2, 0) is 36.9 Å². The van der Waals surface area contributed by atoms with E-state index in [2.05, 4.69) is 16.0 Å². The summed E-state index contributed by atoms with van der Waals surface area (Å²) in [6, 6.07) is 13.5. The van der Waals surface area contributed by atoms with Crippen LogP contribution in [0.25, 0.3) is 0 Å². The lowest BCUT2D eigenvalue weighted by Crippen LogP contribution is -2.58. The number of amides is 5. The monoisotopic (exact) mass is 745 g/mol. The zero-order valence-electron chi connectivity index (χ0n) is 32.7. The Labute approximate surface area is 320 Å². The molecule has 3 aliphatic heterocycles. The molecule has 12 nitrogen and oxygen atoms in total. The third-order valence-electron chi connectivity index (χ3n) is 11.2. The SMILES string of the molecule is CCC1(C(=O)N[C@H]2CC(=O)N3CCCC(CCOc4ccc(C)c(c4)CNC(=O)[C@H](CCc4ccccc4)NC2=O)C3)CCN(C(=O)OC(C)(C)C)CC1. The van der Waals surface area contributed by atoms with Gasteiger partial charge in [-0.3, -0.25) is 19.2 Å². The maximum Gasteiger partial charge on any atom is 0.410 e. The van der Waals surface area contributed by atoms with Crippen LogP contribution in [0.2, 0.25) is 0 Å². The lowest BCUT2D eigenvalue weighted by Gasteiger charge is -2.41. The molecule has 3 aliphatic rings. The summed E-state index contributed by atoms with van der Waals surface area (Å²) in [5, 5.41) is 8.93. The Morgan fingerprint density at radius 2 is 1.74 bits per heavy atom. The Hall–Kier alpha value is -4.61. The van der Waals surface area contributed by atoms with E-state index < -0.39 is 35.1 Å². The van der Waals surface area contributed by atoms with Crippen molar-refractivity contribution in [2.75, 3.05) is 32.8 Å². The van der Waals surface area contributed by atoms with E-state index in [1.807, 2.05) is 83.1 Å². The summed E-state index contributed by atoms with van der Waals surface area (Å²) in [6.07, 6.45) is 4.02. The highest BCUT2D eigenvalue weighted by Gasteiger charge is 2.43. The summed E-state index contributed by atoms with van der Waals surface area (Å²) < 4.78 is 11.7. The number of aryl methyl sites for hydroxylation is 2. The van der Waals surface area contributed by atoms with Crippen molar-refractivity contribution >= 4 is 29.7 Å². The second kappa shape index (κ2) is 18.1. The van der Waals surface area contributed by atoms with E-state index in [1.165, 1.54) is 0 Å². The first-order valence-electron chi connectivity index (χ1n) is 19.7. The molecule has 3 atom stereocenters. The average molecular weight is 746 g/mol. The smallest absolute Gasteiger partial charge is 0.410 e. The molecule has 0 aliphatic carbocycles. The maximum absolute atomic E-state index is 14.3. The quantitative estimate of drug-likeness (QED) is 0.375. The molecule has 2 aromatic carbocycles. The van der Waals surface area contributed by atoms with Crippen LogP contribution < -0.4 is 20.7 Å². The standard InChI is InChI=1S/C42H59N5O7/c1-6-42(19-22-46(23-20-42)40(52)54-41(3,4)5)39(51)45-35-26-36(48)47-21-10-13-31(28-47)18-24-53-33-16-14-29(2)32(25-33)27-43-37(49)34(44-38(35)50)17-15-30-11-8-7-9-12-30/h7-9,11-12,14,16,25,31,34-35H,6,10,13,15,17-24,26-28H2,1-5H3,(H,43,49)(H,44,50)(H,45,51)/t31?,34-,35-/m0/s1. The van der Waals surface area contributed by atoms with E-state index in [0.29, 0.717) is 64.9 Å². The third-order valence-corrected chi connectivity index (χ3v) is 11.2. The zero-order valence-corrected chi connectivity index (χ0v) is 32.7. The van der Waals surface area contributed by atoms with Crippen LogP contribution in [0.4, 0.5) is 4.79 Å². The van der Waals surface area contributed by atoms with Crippen LogP contribution in [0.5, 0.6) is 5.75 Å². The van der Waals surface area contributed by atoms with Gasteiger partial charge in [0.1, 0.15) is 23.4 Å². The summed E-state index contributed by atoms with van der Waals surface area (Å²) in [7, 11) is 0. The normalized spacial score (nSPS) is 22.8. The minimum atomic E-state index is -1.20. The van der Waals surface area contributed by atoms with Gasteiger partial charge in [0, 0.05) is 32.7 Å². The molecular weight excluding hydrogens is 686 g/mol. The molecule has 1 unspecified atom stereocenters. The Bertz CT molecular complexity index is 1630. The molecule has 0 radical (unpaired) electrons. The Morgan fingerprint density at radius 1 is 1.00 bits per heavy atom. The van der Waals surface area contributed by atoms with Crippen molar-refractivity contribution in [2.45, 2.75) is 117 Å². The van der Waals surface area contributed by atoms with Gasteiger partial charge in [-0.15, -0.1) is 0 Å². The fourth-order valence-electron chi connectivity index (χ4n) is 7.61. The van der Waals surface area contributed by atoms with Crippen molar-refractivity contribution in [1.82, 2.24) is 25.8 Å². The Balaban J connectivity index is 1.39. The largest absolute Gasteiger partial charge is 0.494 e. The van der Waals surface area contributed by atoms with Gasteiger partial charge in [0.2, 0.25) is 23.6 Å². The van der Waals surface area contributed by atoms with E-state index in [1.54, 1.807) is 9.80 Å². The first-order chi connectivity index (χ1) is 25.7. The van der Waals surface area contributed by atoms with Crippen molar-refractivity contribution in [2.24, 2.45) is 11.3 Å². The number of carbonyl (C=O) groups excluding carboxylic acids is 5. The van der Waals surface area contributed by atoms with E-state index in [-0.39, 0.29) is 36.6 Å². The molecule has 12 heteroatoms. The van der Waals surface area contributed by atoms with Crippen molar-refractivity contribution in [3.8, 4) is 5.75 Å². The van der Waals surface area contributed by atoms with Crippen molar-refractivity contribution in [1.29, 1.82) is 0 Å². The number of nitrogens with zero attached hydrogens (tertiary/aromatic N) is 2. The lowest BCUT2D eigenvalue weighted by atomic mass is 9.75. The molecule has 54 heavy (non-hydrogen) atoms. The summed E-state index contributed by atoms with van der Waals surface area (Å²) in [6.45, 7) is 11.9. The second-order valence-electron chi connectivity index (χ2n) is 16.2. The molecule has 3 heterocycles. The van der Waals surface area contributed by atoms with Gasteiger partial charge >= 0.3 is 6.09 Å². The van der Waals surface area contributed by atoms with Crippen LogP contribution in [0.1, 0.15) is 95.8 Å². The molecule has 2 fully saturated rings. The summed E-state index contributed by atoms with van der Waals surface area (Å²) in [5.74, 6) is -0.528. The van der Waals surface area contributed by atoms with Gasteiger partial charge in [-0.05, 0) is 114 Å². The second-order valence-corrected chi connectivity index (χ2v) is 16.2. The highest BCUT2D eigenvalue weighted by Crippen LogP contribution is 2.36. The molecule has 5 rings (SSSR count). The van der Waals surface area contributed by atoms with Gasteiger partial charge < -0.3 is 35.2 Å². The van der Waals surface area contributed by atoms with Crippen LogP contribution in [-0.4, -0.2) is 90.0 Å². The number of hydrogen-bond donors (Lipinski definition) is 3. The number of fused-ring (bicyclic) bond motifs is 4. The summed E-state index contributed by atoms with van der Waals surface area (Å²) in [4.78, 5) is 72.6. The maximum atomic E-state index is 14.3. The number of carbonyl (C=O) groups is 5. The van der Waals surface area contributed by atoms with Crippen molar-refractivity contribution < 1.29 is 33.4 Å². The first kappa shape index (κ1) is 40.6. The number of benzene rings is 2. The van der Waals surface area contributed by atoms with Gasteiger partial charge in [-0.1, -0.05) is 43.3 Å². The topological polar surface area (TPSA) is 146 Å². The average Bonchev–Trinajstić information content (AvgIpc) is 3.15. The van der Waals surface area contributed by atoms with Crippen LogP contribution in [0, 0.1) is 18.3 Å². The fraction of sp³-hybridized carbons (Fsp3) is 0.595. The number of ether oxygens (including phenoxy) is 2. The molecule has 0 aromatic heterocycles. The third kappa shape index (κ3) is 11.0. The van der Waals surface area contributed by atoms with Crippen molar-refractivity contribution in [3.05, 3.63) is 65.2 Å². The number of rotatable bonds is 6. The summed E-state index contributed by atoms with van der Waals surface area (Å²) in [5.41, 5.74) is 1.45. The minimum absolute atomic E-state index is 0.221. The minimum Gasteiger partial charge on any atom is -0.494 e. The lowest BCUT2D eigenvalue weighted by molar-refractivity contribution is -0.141. The van der Waals surface area contributed by atoms with Crippen LogP contribution in [0.15, 0.2) is 48.5 Å². The number of piperidine rings is 2. The molecular formula is C42H59N5O7. The van der Waals surface area contributed by atoms with Crippen molar-refractivity contribution in [3.63, 3.8) is 0 Å². The Morgan fingerprint density at radius 3 is 2.44 bits per heavy atom.